The Morgan fingerprint density at radius 3 is 2.86 bits per heavy atom. The number of nitrogens with zero attached hydrogens (tertiary/aromatic N) is 2. The minimum atomic E-state index is -0.0697. The Bertz CT molecular complexity index is 1020. The number of amides is 1. The molecule has 0 radical (unpaired) electrons. The number of fused-ring (bicyclic) bond motifs is 1. The van der Waals surface area contributed by atoms with E-state index in [1.54, 1.807) is 0 Å². The predicted molar refractivity (Wildman–Crippen MR) is 124 cm³/mol. The zero-order chi connectivity index (χ0) is 20.5. The predicted octanol–water partition coefficient (Wildman–Crippen LogP) is 5.43. The van der Waals surface area contributed by atoms with Gasteiger partial charge in [-0.1, -0.05) is 47.7 Å². The molecule has 0 aliphatic rings. The number of thiazole rings is 1. The van der Waals surface area contributed by atoms with Crippen LogP contribution in [0, 0.1) is 0 Å². The molecule has 0 saturated heterocycles. The van der Waals surface area contributed by atoms with Gasteiger partial charge in [0.25, 0.3) is 0 Å². The van der Waals surface area contributed by atoms with Crippen molar-refractivity contribution in [2.45, 2.75) is 32.1 Å². The van der Waals surface area contributed by atoms with Crippen LogP contribution in [0.1, 0.15) is 25.3 Å². The second-order valence-corrected chi connectivity index (χ2v) is 8.61. The molecule has 0 spiro atoms. The van der Waals surface area contributed by atoms with Gasteiger partial charge in [-0.2, -0.15) is 16.8 Å². The molecule has 29 heavy (non-hydrogen) atoms. The van der Waals surface area contributed by atoms with Gasteiger partial charge in [0.2, 0.25) is 5.91 Å². The van der Waals surface area contributed by atoms with Gasteiger partial charge in [-0.15, -0.1) is 6.58 Å². The van der Waals surface area contributed by atoms with Crippen molar-refractivity contribution in [3.05, 3.63) is 71.6 Å². The highest BCUT2D eigenvalue weighted by molar-refractivity contribution is 7.98. The van der Waals surface area contributed by atoms with Gasteiger partial charge in [0.1, 0.15) is 5.75 Å². The minimum absolute atomic E-state index is 0.0697. The van der Waals surface area contributed by atoms with Crippen LogP contribution < -0.4 is 9.54 Å². The van der Waals surface area contributed by atoms with Crippen molar-refractivity contribution in [1.29, 1.82) is 0 Å². The van der Waals surface area contributed by atoms with Crippen LogP contribution >= 0.6 is 23.1 Å². The molecule has 3 aromatic rings. The fraction of sp³-hybridized carbons (Fsp3) is 0.304. The summed E-state index contributed by atoms with van der Waals surface area (Å²) in [5, 5.41) is 0. The van der Waals surface area contributed by atoms with Gasteiger partial charge >= 0.3 is 0 Å². The number of thioether (sulfide) groups is 1. The second kappa shape index (κ2) is 11.0. The Morgan fingerprint density at radius 1 is 1.28 bits per heavy atom. The zero-order valence-electron chi connectivity index (χ0n) is 16.7. The molecular formula is C23H26N2O2S2. The first-order valence-corrected chi connectivity index (χ1v) is 11.7. The molecular weight excluding hydrogens is 400 g/mol. The van der Waals surface area contributed by atoms with E-state index in [1.165, 1.54) is 16.9 Å². The van der Waals surface area contributed by atoms with E-state index in [0.29, 0.717) is 19.6 Å². The summed E-state index contributed by atoms with van der Waals surface area (Å²) in [5.74, 6) is 2.69. The monoisotopic (exact) mass is 426 g/mol. The Labute approximate surface area is 179 Å². The Balaban J connectivity index is 1.63. The van der Waals surface area contributed by atoms with Crippen molar-refractivity contribution in [1.82, 2.24) is 4.57 Å². The SMILES string of the molecule is C=CCn1c(=NC(=O)CCCSCc2ccccc2)sc2cc(OCC)ccc21. The third-order valence-electron chi connectivity index (χ3n) is 4.29. The van der Waals surface area contributed by atoms with Crippen LogP contribution in [0.3, 0.4) is 0 Å². The van der Waals surface area contributed by atoms with Crippen molar-refractivity contribution < 1.29 is 9.53 Å². The molecule has 3 rings (SSSR count). The second-order valence-electron chi connectivity index (χ2n) is 6.49. The maximum absolute atomic E-state index is 12.4. The molecule has 0 fully saturated rings. The molecule has 0 saturated carbocycles. The number of rotatable bonds is 10. The maximum Gasteiger partial charge on any atom is 0.248 e. The Morgan fingerprint density at radius 2 is 2.10 bits per heavy atom. The lowest BCUT2D eigenvalue weighted by Gasteiger charge is -2.04. The van der Waals surface area contributed by atoms with Crippen molar-refractivity contribution >= 4 is 39.2 Å². The van der Waals surface area contributed by atoms with Crippen molar-refractivity contribution in [2.75, 3.05) is 12.4 Å². The first kappa shape index (κ1) is 21.4. The first-order chi connectivity index (χ1) is 14.2. The van der Waals surface area contributed by atoms with Crippen LogP contribution in [0.25, 0.3) is 10.2 Å². The third-order valence-corrected chi connectivity index (χ3v) is 6.44. The van der Waals surface area contributed by atoms with Gasteiger partial charge in [-0.05, 0) is 42.9 Å². The summed E-state index contributed by atoms with van der Waals surface area (Å²) in [6.07, 6.45) is 3.13. The highest BCUT2D eigenvalue weighted by atomic mass is 32.2. The van der Waals surface area contributed by atoms with E-state index >= 15 is 0 Å². The van der Waals surface area contributed by atoms with Crippen molar-refractivity contribution in [2.24, 2.45) is 4.99 Å². The molecule has 1 aromatic heterocycles. The van der Waals surface area contributed by atoms with Gasteiger partial charge < -0.3 is 9.30 Å². The van der Waals surface area contributed by atoms with Crippen LogP contribution in [0.15, 0.2) is 66.2 Å². The molecule has 1 heterocycles. The van der Waals surface area contributed by atoms with E-state index < -0.39 is 0 Å². The van der Waals surface area contributed by atoms with Crippen LogP contribution in [0.4, 0.5) is 0 Å². The molecule has 152 valence electrons. The first-order valence-electron chi connectivity index (χ1n) is 9.77. The topological polar surface area (TPSA) is 43.6 Å². The highest BCUT2D eigenvalue weighted by Gasteiger charge is 2.08. The smallest absolute Gasteiger partial charge is 0.248 e. The summed E-state index contributed by atoms with van der Waals surface area (Å²) in [6, 6.07) is 16.4. The number of aromatic nitrogens is 1. The largest absolute Gasteiger partial charge is 0.494 e. The number of ether oxygens (including phenoxy) is 1. The molecule has 0 aliphatic carbocycles. The summed E-state index contributed by atoms with van der Waals surface area (Å²) >= 11 is 3.37. The lowest BCUT2D eigenvalue weighted by molar-refractivity contribution is -0.118. The fourth-order valence-corrected chi connectivity index (χ4v) is 4.96. The highest BCUT2D eigenvalue weighted by Crippen LogP contribution is 2.23. The third kappa shape index (κ3) is 6.08. The standard InChI is InChI=1S/C23H26N2O2S2/c1-3-14-25-20-13-12-19(27-4-2)16-21(20)29-23(25)24-22(26)11-8-15-28-17-18-9-6-5-7-10-18/h3,5-7,9-10,12-13,16H,1,4,8,11,14-15,17H2,2H3. The average Bonchev–Trinajstić information content (AvgIpc) is 3.05. The van der Waals surface area contributed by atoms with Crippen molar-refractivity contribution in [3.63, 3.8) is 0 Å². The summed E-state index contributed by atoms with van der Waals surface area (Å²) in [5.41, 5.74) is 2.36. The zero-order valence-corrected chi connectivity index (χ0v) is 18.3. The summed E-state index contributed by atoms with van der Waals surface area (Å²) in [4.78, 5) is 17.5. The van der Waals surface area contributed by atoms with Gasteiger partial charge in [-0.3, -0.25) is 4.79 Å². The number of carbonyl (C=O) groups is 1. The van der Waals surface area contributed by atoms with Crippen molar-refractivity contribution in [3.8, 4) is 5.75 Å². The molecule has 0 N–H and O–H groups in total. The van der Waals surface area contributed by atoms with E-state index in [4.69, 9.17) is 4.74 Å². The Hall–Kier alpha value is -2.31. The summed E-state index contributed by atoms with van der Waals surface area (Å²) in [7, 11) is 0. The normalized spacial score (nSPS) is 11.7. The van der Waals surface area contributed by atoms with E-state index in [-0.39, 0.29) is 5.91 Å². The number of allylic oxidation sites excluding steroid dienone is 1. The van der Waals surface area contributed by atoms with E-state index in [0.717, 1.165) is 38.7 Å². The molecule has 6 heteroatoms. The minimum Gasteiger partial charge on any atom is -0.494 e. The van der Waals surface area contributed by atoms with Crippen LogP contribution in [0.5, 0.6) is 5.75 Å². The van der Waals surface area contributed by atoms with Gasteiger partial charge in [0.15, 0.2) is 4.80 Å². The lowest BCUT2D eigenvalue weighted by Crippen LogP contribution is -2.16. The number of hydrogen-bond donors (Lipinski definition) is 0. The van der Waals surface area contributed by atoms with Crippen LogP contribution in [-0.4, -0.2) is 22.8 Å². The summed E-state index contributed by atoms with van der Waals surface area (Å²) in [6.45, 7) is 7.05. The van der Waals surface area contributed by atoms with Gasteiger partial charge in [0, 0.05) is 18.7 Å². The van der Waals surface area contributed by atoms with Gasteiger partial charge in [-0.25, -0.2) is 0 Å². The van der Waals surface area contributed by atoms with E-state index in [9.17, 15) is 4.79 Å². The molecule has 0 bridgehead atoms. The number of hydrogen-bond acceptors (Lipinski definition) is 4. The quantitative estimate of drug-likeness (QED) is 0.321. The lowest BCUT2D eigenvalue weighted by atomic mass is 10.2. The molecule has 2 aromatic carbocycles. The average molecular weight is 427 g/mol. The Kier molecular flexibility index (Phi) is 8.14. The number of benzene rings is 2. The molecule has 0 atom stereocenters. The molecule has 1 amide bonds. The molecule has 0 unspecified atom stereocenters. The molecule has 4 nitrogen and oxygen atoms in total. The summed E-state index contributed by atoms with van der Waals surface area (Å²) < 4.78 is 8.68. The number of carbonyl (C=O) groups excluding carboxylic acids is 1. The van der Waals surface area contributed by atoms with Gasteiger partial charge in [0.05, 0.1) is 16.8 Å². The fourth-order valence-electron chi connectivity index (χ4n) is 2.95. The maximum atomic E-state index is 12.4. The molecule has 0 aliphatic heterocycles. The van der Waals surface area contributed by atoms with Crippen LogP contribution in [0.2, 0.25) is 0 Å². The van der Waals surface area contributed by atoms with E-state index in [2.05, 4.69) is 35.8 Å². The van der Waals surface area contributed by atoms with E-state index in [1.807, 2.05) is 53.6 Å². The van der Waals surface area contributed by atoms with Crippen LogP contribution in [-0.2, 0) is 17.1 Å².